The molecule has 1 heterocycles. The highest BCUT2D eigenvalue weighted by atomic mass is 35.5. The number of benzene rings is 1. The molecule has 1 aromatic carbocycles. The third-order valence-electron chi connectivity index (χ3n) is 2.14. The summed E-state index contributed by atoms with van der Waals surface area (Å²) in [5.74, 6) is -0.0501. The molecule has 1 aromatic heterocycles. The van der Waals surface area contributed by atoms with E-state index < -0.39 is 0 Å². The summed E-state index contributed by atoms with van der Waals surface area (Å²) < 4.78 is 0. The molecule has 18 heavy (non-hydrogen) atoms. The lowest BCUT2D eigenvalue weighted by Crippen LogP contribution is -2.13. The summed E-state index contributed by atoms with van der Waals surface area (Å²) in [6.07, 6.45) is 0. The molecule has 0 bridgehead atoms. The van der Waals surface area contributed by atoms with Crippen LogP contribution < -0.4 is 11.1 Å². The van der Waals surface area contributed by atoms with Crippen LogP contribution in [0.2, 0.25) is 10.2 Å². The van der Waals surface area contributed by atoms with Gasteiger partial charge in [-0.3, -0.25) is 4.79 Å². The lowest BCUT2D eigenvalue weighted by Gasteiger charge is -2.05. The van der Waals surface area contributed by atoms with Gasteiger partial charge in [-0.25, -0.2) is 0 Å². The molecule has 0 saturated heterocycles. The van der Waals surface area contributed by atoms with E-state index in [1.807, 2.05) is 0 Å². The van der Waals surface area contributed by atoms with Crippen molar-refractivity contribution in [2.45, 2.75) is 0 Å². The number of carbonyl (C=O) groups excluding carboxylic acids is 1. The highest BCUT2D eigenvalue weighted by molar-refractivity contribution is 6.33. The van der Waals surface area contributed by atoms with Gasteiger partial charge in [0.2, 0.25) is 0 Å². The molecule has 0 saturated carbocycles. The van der Waals surface area contributed by atoms with Gasteiger partial charge >= 0.3 is 0 Å². The maximum atomic E-state index is 11.9. The van der Waals surface area contributed by atoms with Crippen molar-refractivity contribution in [3.63, 3.8) is 0 Å². The maximum Gasteiger partial charge on any atom is 0.256 e. The van der Waals surface area contributed by atoms with Crippen LogP contribution in [0.4, 0.5) is 11.5 Å². The van der Waals surface area contributed by atoms with Crippen LogP contribution in [-0.4, -0.2) is 16.1 Å². The zero-order valence-electron chi connectivity index (χ0n) is 9.02. The van der Waals surface area contributed by atoms with Crippen molar-refractivity contribution in [1.29, 1.82) is 0 Å². The van der Waals surface area contributed by atoms with E-state index in [9.17, 15) is 4.79 Å². The largest absolute Gasteiger partial charge is 0.398 e. The zero-order valence-corrected chi connectivity index (χ0v) is 10.5. The summed E-state index contributed by atoms with van der Waals surface area (Å²) in [6.45, 7) is 0. The first-order valence-electron chi connectivity index (χ1n) is 4.92. The standard InChI is InChI=1S/C11H8Cl2N4O/c12-7-5-6(1-2-8(7)14)11(18)15-10-4-3-9(13)16-17-10/h1-5H,14H2,(H,15,17,18). The van der Waals surface area contributed by atoms with Crippen LogP contribution in [0.3, 0.4) is 0 Å². The number of rotatable bonds is 2. The minimum Gasteiger partial charge on any atom is -0.398 e. The number of nitrogens with one attached hydrogen (secondary N) is 1. The number of carbonyl (C=O) groups is 1. The Kier molecular flexibility index (Phi) is 3.64. The molecule has 1 amide bonds. The van der Waals surface area contributed by atoms with Gasteiger partial charge in [0.05, 0.1) is 10.7 Å². The first-order valence-corrected chi connectivity index (χ1v) is 5.67. The fraction of sp³-hybridized carbons (Fsp3) is 0. The molecule has 0 fully saturated rings. The summed E-state index contributed by atoms with van der Waals surface area (Å²) in [5.41, 5.74) is 6.35. The van der Waals surface area contributed by atoms with Crippen LogP contribution in [0.1, 0.15) is 10.4 Å². The molecule has 0 unspecified atom stereocenters. The van der Waals surface area contributed by atoms with Gasteiger partial charge in [0.15, 0.2) is 11.0 Å². The smallest absolute Gasteiger partial charge is 0.256 e. The highest BCUT2D eigenvalue weighted by Gasteiger charge is 2.08. The topological polar surface area (TPSA) is 80.9 Å². The van der Waals surface area contributed by atoms with Crippen molar-refractivity contribution in [2.75, 3.05) is 11.1 Å². The Morgan fingerprint density at radius 2 is 1.94 bits per heavy atom. The Morgan fingerprint density at radius 3 is 2.56 bits per heavy atom. The van der Waals surface area contributed by atoms with Crippen molar-refractivity contribution in [3.8, 4) is 0 Å². The third kappa shape index (κ3) is 2.88. The van der Waals surface area contributed by atoms with Crippen LogP contribution in [-0.2, 0) is 0 Å². The fourth-order valence-corrected chi connectivity index (χ4v) is 1.52. The first kappa shape index (κ1) is 12.6. The van der Waals surface area contributed by atoms with E-state index in [2.05, 4.69) is 15.5 Å². The minimum atomic E-state index is -0.353. The third-order valence-corrected chi connectivity index (χ3v) is 2.67. The fourth-order valence-electron chi connectivity index (χ4n) is 1.24. The van der Waals surface area contributed by atoms with Crippen LogP contribution in [0.15, 0.2) is 30.3 Å². The molecule has 2 aromatic rings. The van der Waals surface area contributed by atoms with Gasteiger partial charge in [-0.15, -0.1) is 10.2 Å². The number of nitrogens with two attached hydrogens (primary N) is 1. The minimum absolute atomic E-state index is 0.253. The van der Waals surface area contributed by atoms with E-state index in [1.165, 1.54) is 12.1 Å². The van der Waals surface area contributed by atoms with E-state index in [1.54, 1.807) is 18.2 Å². The Hall–Kier alpha value is -1.85. The molecule has 0 spiro atoms. The Bertz CT molecular complexity index is 586. The number of nitrogens with zero attached hydrogens (tertiary/aromatic N) is 2. The van der Waals surface area contributed by atoms with Crippen LogP contribution in [0, 0.1) is 0 Å². The van der Waals surface area contributed by atoms with E-state index in [4.69, 9.17) is 28.9 Å². The second-order valence-corrected chi connectivity index (χ2v) is 4.23. The molecule has 5 nitrogen and oxygen atoms in total. The number of anilines is 2. The number of aromatic nitrogens is 2. The Morgan fingerprint density at radius 1 is 1.17 bits per heavy atom. The molecule has 0 aliphatic heterocycles. The van der Waals surface area contributed by atoms with Crippen LogP contribution in [0.25, 0.3) is 0 Å². The summed E-state index contributed by atoms with van der Waals surface area (Å²) in [7, 11) is 0. The van der Waals surface area contributed by atoms with E-state index in [0.29, 0.717) is 22.1 Å². The molecular weight excluding hydrogens is 275 g/mol. The van der Waals surface area contributed by atoms with Crippen molar-refractivity contribution in [2.24, 2.45) is 0 Å². The van der Waals surface area contributed by atoms with Gasteiger partial charge in [0.25, 0.3) is 5.91 Å². The predicted octanol–water partition coefficient (Wildman–Crippen LogP) is 2.62. The Balaban J connectivity index is 2.16. The molecule has 7 heteroatoms. The normalized spacial score (nSPS) is 10.1. The average molecular weight is 283 g/mol. The molecule has 2 rings (SSSR count). The quantitative estimate of drug-likeness (QED) is 0.830. The molecule has 0 aliphatic carbocycles. The molecule has 0 aliphatic rings. The van der Waals surface area contributed by atoms with E-state index in [0.717, 1.165) is 0 Å². The first-order chi connectivity index (χ1) is 8.56. The Labute approximate surface area is 113 Å². The summed E-state index contributed by atoms with van der Waals surface area (Å²) in [5, 5.41) is 10.5. The van der Waals surface area contributed by atoms with Crippen molar-refractivity contribution in [3.05, 3.63) is 46.1 Å². The monoisotopic (exact) mass is 282 g/mol. The number of nitrogen functional groups attached to an aromatic ring is 1. The summed E-state index contributed by atoms with van der Waals surface area (Å²) in [6, 6.07) is 7.69. The van der Waals surface area contributed by atoms with E-state index >= 15 is 0 Å². The average Bonchev–Trinajstić information content (AvgIpc) is 2.35. The van der Waals surface area contributed by atoms with Gasteiger partial charge in [0, 0.05) is 5.56 Å². The predicted molar refractivity (Wildman–Crippen MR) is 70.9 cm³/mol. The summed E-state index contributed by atoms with van der Waals surface area (Å²) in [4.78, 5) is 11.9. The second kappa shape index (κ2) is 5.20. The van der Waals surface area contributed by atoms with Gasteiger partial charge in [0.1, 0.15) is 0 Å². The molecule has 0 atom stereocenters. The SMILES string of the molecule is Nc1ccc(C(=O)Nc2ccc(Cl)nn2)cc1Cl. The van der Waals surface area contributed by atoms with E-state index in [-0.39, 0.29) is 11.1 Å². The molecule has 0 radical (unpaired) electrons. The number of halogens is 2. The van der Waals surface area contributed by atoms with Crippen LogP contribution >= 0.6 is 23.2 Å². The van der Waals surface area contributed by atoms with Gasteiger partial charge in [-0.1, -0.05) is 23.2 Å². The second-order valence-electron chi connectivity index (χ2n) is 3.43. The lowest BCUT2D eigenvalue weighted by molar-refractivity contribution is 0.102. The summed E-state index contributed by atoms with van der Waals surface area (Å²) >= 11 is 11.4. The van der Waals surface area contributed by atoms with Crippen molar-refractivity contribution >= 4 is 40.6 Å². The van der Waals surface area contributed by atoms with Gasteiger partial charge in [-0.05, 0) is 30.3 Å². The number of hydrogen-bond donors (Lipinski definition) is 2. The molecule has 92 valence electrons. The highest BCUT2D eigenvalue weighted by Crippen LogP contribution is 2.20. The zero-order chi connectivity index (χ0) is 13.1. The number of hydrogen-bond acceptors (Lipinski definition) is 4. The molecule has 3 N–H and O–H groups in total. The maximum absolute atomic E-state index is 11.9. The van der Waals surface area contributed by atoms with Crippen molar-refractivity contribution < 1.29 is 4.79 Å². The molecular formula is C11H8Cl2N4O. The van der Waals surface area contributed by atoms with Crippen LogP contribution in [0.5, 0.6) is 0 Å². The van der Waals surface area contributed by atoms with Gasteiger partial charge in [-0.2, -0.15) is 0 Å². The van der Waals surface area contributed by atoms with Gasteiger partial charge < -0.3 is 11.1 Å². The van der Waals surface area contributed by atoms with Crippen molar-refractivity contribution in [1.82, 2.24) is 10.2 Å². The number of amides is 1. The lowest BCUT2D eigenvalue weighted by atomic mass is 10.2.